The number of nitrogens with zero attached hydrogens (tertiary/aromatic N) is 1. The van der Waals surface area contributed by atoms with Gasteiger partial charge < -0.3 is 24.8 Å². The summed E-state index contributed by atoms with van der Waals surface area (Å²) in [7, 11) is 0. The van der Waals surface area contributed by atoms with Crippen molar-refractivity contribution in [2.45, 2.75) is 46.1 Å². The summed E-state index contributed by atoms with van der Waals surface area (Å²) in [5.41, 5.74) is 1.37. The summed E-state index contributed by atoms with van der Waals surface area (Å²) in [4.78, 5) is 25.7. The molecule has 0 aliphatic rings. The maximum absolute atomic E-state index is 13.1. The Kier molecular flexibility index (Phi) is 11.3. The molecule has 1 atom stereocenters. The Morgan fingerprint density at radius 3 is 2.32 bits per heavy atom. The highest BCUT2D eigenvalue weighted by Crippen LogP contribution is 2.15. The van der Waals surface area contributed by atoms with E-state index in [0.717, 1.165) is 18.4 Å². The van der Waals surface area contributed by atoms with Crippen LogP contribution >= 0.6 is 0 Å². The Morgan fingerprint density at radius 1 is 1.06 bits per heavy atom. The minimum Gasteiger partial charge on any atom is -0.492 e. The Balaban J connectivity index is 1.90. The number of hydrogen-bond donors (Lipinski definition) is 2. The van der Waals surface area contributed by atoms with Gasteiger partial charge in [0.15, 0.2) is 6.10 Å². The number of amides is 2. The lowest BCUT2D eigenvalue weighted by Gasteiger charge is -2.24. The van der Waals surface area contributed by atoms with E-state index >= 15 is 0 Å². The molecule has 0 saturated heterocycles. The molecule has 0 aliphatic carbocycles. The molecule has 0 heterocycles. The van der Waals surface area contributed by atoms with Crippen LogP contribution in [0.5, 0.6) is 5.75 Å². The van der Waals surface area contributed by atoms with Gasteiger partial charge in [-0.2, -0.15) is 0 Å². The first-order chi connectivity index (χ1) is 16.3. The predicted octanol–water partition coefficient (Wildman–Crippen LogP) is 5.21. The molecule has 0 radical (unpaired) electrons. The third kappa shape index (κ3) is 9.79. The van der Waals surface area contributed by atoms with E-state index in [2.05, 4.69) is 19.2 Å². The molecule has 2 aromatic carbocycles. The van der Waals surface area contributed by atoms with Gasteiger partial charge in [-0.05, 0) is 67.6 Å². The molecule has 2 amide bonds. The number of nitrogens with one attached hydrogen (secondary N) is 1. The molecule has 7 nitrogen and oxygen atoms in total. The highest BCUT2D eigenvalue weighted by Gasteiger charge is 2.18. The Hall–Kier alpha value is -3.13. The molecule has 2 N–H and O–H groups in total. The fourth-order valence-electron chi connectivity index (χ4n) is 3.37. The van der Waals surface area contributed by atoms with Crippen molar-refractivity contribution in [2.75, 3.05) is 31.6 Å². The summed E-state index contributed by atoms with van der Waals surface area (Å²) in [6, 6.07) is 12.6. The molecule has 2 rings (SSSR count). The maximum Gasteiger partial charge on any atom is 0.333 e. The number of aliphatic carboxylic acids is 1. The smallest absolute Gasteiger partial charge is 0.333 e. The van der Waals surface area contributed by atoms with Crippen molar-refractivity contribution >= 4 is 17.7 Å². The van der Waals surface area contributed by atoms with E-state index < -0.39 is 12.1 Å². The molecular formula is C26H35FN2O5. The highest BCUT2D eigenvalue weighted by atomic mass is 19.1. The largest absolute Gasteiger partial charge is 0.492 e. The third-order valence-corrected chi connectivity index (χ3v) is 5.21. The first kappa shape index (κ1) is 27.1. The lowest BCUT2D eigenvalue weighted by atomic mass is 10.1. The molecule has 0 bridgehead atoms. The van der Waals surface area contributed by atoms with Crippen LogP contribution in [0.15, 0.2) is 48.5 Å². The normalized spacial score (nSPS) is 11.8. The number of urea groups is 1. The van der Waals surface area contributed by atoms with Crippen molar-refractivity contribution in [1.29, 1.82) is 0 Å². The van der Waals surface area contributed by atoms with Gasteiger partial charge in [-0.3, -0.25) is 0 Å². The summed E-state index contributed by atoms with van der Waals surface area (Å²) in [6.07, 6.45) is 1.27. The minimum atomic E-state index is -0.987. The van der Waals surface area contributed by atoms with E-state index in [0.29, 0.717) is 43.7 Å². The quantitative estimate of drug-likeness (QED) is 0.393. The highest BCUT2D eigenvalue weighted by molar-refractivity contribution is 5.89. The van der Waals surface area contributed by atoms with Crippen LogP contribution < -0.4 is 10.1 Å². The molecule has 186 valence electrons. The monoisotopic (exact) mass is 474 g/mol. The average molecular weight is 475 g/mol. The second kappa shape index (κ2) is 14.2. The average Bonchev–Trinajstić information content (AvgIpc) is 2.80. The molecule has 34 heavy (non-hydrogen) atoms. The van der Waals surface area contributed by atoms with E-state index in [-0.39, 0.29) is 18.3 Å². The molecule has 1 unspecified atom stereocenters. The summed E-state index contributed by atoms with van der Waals surface area (Å²) in [5.74, 6) is -0.172. The summed E-state index contributed by atoms with van der Waals surface area (Å²) >= 11 is 0. The molecular weight excluding hydrogens is 439 g/mol. The van der Waals surface area contributed by atoms with Gasteiger partial charge in [0.1, 0.15) is 18.2 Å². The molecule has 8 heteroatoms. The molecule has 0 spiro atoms. The zero-order chi connectivity index (χ0) is 24.9. The number of carboxylic acids is 1. The number of benzene rings is 2. The predicted molar refractivity (Wildman–Crippen MR) is 130 cm³/mol. The first-order valence-electron chi connectivity index (χ1n) is 11.7. The van der Waals surface area contributed by atoms with Gasteiger partial charge in [0.05, 0.1) is 6.54 Å². The second-order valence-electron chi connectivity index (χ2n) is 8.44. The Bertz CT molecular complexity index is 887. The minimum absolute atomic E-state index is 0.259. The molecule has 2 aromatic rings. The van der Waals surface area contributed by atoms with Crippen LogP contribution in [0.4, 0.5) is 14.9 Å². The zero-order valence-corrected chi connectivity index (χ0v) is 20.1. The maximum atomic E-state index is 13.1. The third-order valence-electron chi connectivity index (χ3n) is 5.21. The number of anilines is 1. The van der Waals surface area contributed by atoms with Crippen molar-refractivity contribution in [2.24, 2.45) is 5.92 Å². The lowest BCUT2D eigenvalue weighted by Crippen LogP contribution is -2.38. The van der Waals surface area contributed by atoms with Gasteiger partial charge in [0, 0.05) is 25.3 Å². The van der Waals surface area contributed by atoms with Gasteiger partial charge in [-0.1, -0.05) is 26.0 Å². The van der Waals surface area contributed by atoms with Crippen molar-refractivity contribution < 1.29 is 28.6 Å². The first-order valence-corrected chi connectivity index (χ1v) is 11.7. The fourth-order valence-corrected chi connectivity index (χ4v) is 3.37. The molecule has 0 fully saturated rings. The van der Waals surface area contributed by atoms with Crippen LogP contribution in [0.25, 0.3) is 0 Å². The van der Waals surface area contributed by atoms with Crippen LogP contribution in [0.1, 0.15) is 39.2 Å². The fraction of sp³-hybridized carbons (Fsp3) is 0.462. The van der Waals surface area contributed by atoms with E-state index in [1.54, 1.807) is 24.0 Å². The Morgan fingerprint density at radius 2 is 1.74 bits per heavy atom. The summed E-state index contributed by atoms with van der Waals surface area (Å²) < 4.78 is 24.2. The lowest BCUT2D eigenvalue weighted by molar-refractivity contribution is -0.149. The van der Waals surface area contributed by atoms with E-state index in [1.807, 2.05) is 12.1 Å². The van der Waals surface area contributed by atoms with Crippen molar-refractivity contribution in [1.82, 2.24) is 4.90 Å². The molecule has 0 aromatic heterocycles. The van der Waals surface area contributed by atoms with Crippen LogP contribution in [0, 0.1) is 11.7 Å². The van der Waals surface area contributed by atoms with Gasteiger partial charge in [-0.25, -0.2) is 14.0 Å². The topological polar surface area (TPSA) is 88.1 Å². The number of rotatable bonds is 14. The van der Waals surface area contributed by atoms with Crippen molar-refractivity contribution in [3.63, 3.8) is 0 Å². The van der Waals surface area contributed by atoms with Gasteiger partial charge in [0.25, 0.3) is 0 Å². The molecule has 0 saturated carbocycles. The van der Waals surface area contributed by atoms with E-state index in [4.69, 9.17) is 9.47 Å². The zero-order valence-electron chi connectivity index (χ0n) is 20.1. The standard InChI is InChI=1S/C26H35FN2O5/c1-4-33-24(25(30)31)18-20-7-13-23(14-8-20)34-17-16-29(15-5-6-19(2)3)26(32)28-22-11-9-21(27)10-12-22/h7-14,19,24H,4-6,15-18H2,1-3H3,(H,28,32)(H,30,31). The Labute approximate surface area is 200 Å². The van der Waals surface area contributed by atoms with Gasteiger partial charge in [0.2, 0.25) is 0 Å². The summed E-state index contributed by atoms with van der Waals surface area (Å²) in [6.45, 7) is 7.65. The number of ether oxygens (including phenoxy) is 2. The summed E-state index contributed by atoms with van der Waals surface area (Å²) in [5, 5.41) is 12.0. The van der Waals surface area contributed by atoms with Gasteiger partial charge >= 0.3 is 12.0 Å². The number of hydrogen-bond acceptors (Lipinski definition) is 4. The van der Waals surface area contributed by atoms with Crippen LogP contribution in [-0.2, 0) is 16.0 Å². The van der Waals surface area contributed by atoms with Crippen molar-refractivity contribution in [3.05, 3.63) is 59.9 Å². The van der Waals surface area contributed by atoms with Crippen LogP contribution in [0.2, 0.25) is 0 Å². The number of carbonyl (C=O) groups is 2. The number of halogens is 1. The number of carbonyl (C=O) groups excluding carboxylic acids is 1. The van der Waals surface area contributed by atoms with Gasteiger partial charge in [-0.15, -0.1) is 0 Å². The molecule has 0 aliphatic heterocycles. The second-order valence-corrected chi connectivity index (χ2v) is 8.44. The number of carboxylic acid groups (broad SMARTS) is 1. The van der Waals surface area contributed by atoms with Crippen molar-refractivity contribution in [3.8, 4) is 5.75 Å². The van der Waals surface area contributed by atoms with Crippen LogP contribution in [0.3, 0.4) is 0 Å². The van der Waals surface area contributed by atoms with E-state index in [9.17, 15) is 19.1 Å². The van der Waals surface area contributed by atoms with Crippen LogP contribution in [-0.4, -0.2) is 54.4 Å². The van der Waals surface area contributed by atoms with E-state index in [1.165, 1.54) is 24.3 Å². The SMILES string of the molecule is CCOC(Cc1ccc(OCCN(CCCC(C)C)C(=O)Nc2ccc(F)cc2)cc1)C(=O)O.